The van der Waals surface area contributed by atoms with Crippen molar-refractivity contribution in [2.24, 2.45) is 0 Å². The van der Waals surface area contributed by atoms with Crippen LogP contribution in [-0.4, -0.2) is 16.0 Å². The zero-order chi connectivity index (χ0) is 13.1. The van der Waals surface area contributed by atoms with Gasteiger partial charge in [-0.3, -0.25) is 4.79 Å². The van der Waals surface area contributed by atoms with Gasteiger partial charge in [0.2, 0.25) is 0 Å². The van der Waals surface area contributed by atoms with Crippen LogP contribution in [0.5, 0.6) is 0 Å². The number of hydrogen-bond acceptors (Lipinski definition) is 4. The highest BCUT2D eigenvalue weighted by Gasteiger charge is 2.12. The molecule has 5 nitrogen and oxygen atoms in total. The Morgan fingerprint density at radius 1 is 1.56 bits per heavy atom. The third-order valence-electron chi connectivity index (χ3n) is 2.16. The summed E-state index contributed by atoms with van der Waals surface area (Å²) in [6.07, 6.45) is 1.53. The molecule has 94 valence electrons. The molecule has 2 rings (SSSR count). The van der Waals surface area contributed by atoms with E-state index in [0.29, 0.717) is 21.5 Å². The Bertz CT molecular complexity index is 585. The van der Waals surface area contributed by atoms with Gasteiger partial charge in [-0.1, -0.05) is 16.8 Å². The summed E-state index contributed by atoms with van der Waals surface area (Å²) in [6, 6.07) is 3.36. The van der Waals surface area contributed by atoms with Gasteiger partial charge in [0.1, 0.15) is 16.6 Å². The number of nitrogens with one attached hydrogen (secondary N) is 1. The Balaban J connectivity index is 2.05. The lowest BCUT2D eigenvalue weighted by molar-refractivity contribution is 0.0950. The van der Waals surface area contributed by atoms with Crippen molar-refractivity contribution in [3.8, 4) is 0 Å². The summed E-state index contributed by atoms with van der Waals surface area (Å²) in [7, 11) is 0. The SMILES string of the molecule is Cc1cc(CNC(=O)c2cc(Br)cnc2Cl)no1. The first kappa shape index (κ1) is 13.0. The number of hydrogen-bond donors (Lipinski definition) is 1. The molecule has 7 heteroatoms. The van der Waals surface area contributed by atoms with E-state index < -0.39 is 0 Å². The Labute approximate surface area is 117 Å². The van der Waals surface area contributed by atoms with Crippen molar-refractivity contribution in [3.63, 3.8) is 0 Å². The van der Waals surface area contributed by atoms with Crippen molar-refractivity contribution in [1.29, 1.82) is 0 Å². The van der Waals surface area contributed by atoms with Gasteiger partial charge in [0.25, 0.3) is 5.91 Å². The summed E-state index contributed by atoms with van der Waals surface area (Å²) in [5.41, 5.74) is 0.964. The molecule has 0 unspecified atom stereocenters. The minimum atomic E-state index is -0.311. The van der Waals surface area contributed by atoms with E-state index in [2.05, 4.69) is 31.4 Å². The van der Waals surface area contributed by atoms with Crippen LogP contribution in [0.15, 0.2) is 27.3 Å². The normalized spacial score (nSPS) is 10.4. The molecule has 0 atom stereocenters. The molecule has 1 N–H and O–H groups in total. The number of carbonyl (C=O) groups excluding carboxylic acids is 1. The molecule has 0 aromatic carbocycles. The topological polar surface area (TPSA) is 68.0 Å². The summed E-state index contributed by atoms with van der Waals surface area (Å²) in [6.45, 7) is 2.06. The molecule has 2 aromatic heterocycles. The number of rotatable bonds is 3. The van der Waals surface area contributed by atoms with E-state index in [1.165, 1.54) is 6.20 Å². The van der Waals surface area contributed by atoms with E-state index in [0.717, 1.165) is 0 Å². The number of halogens is 2. The van der Waals surface area contributed by atoms with E-state index in [9.17, 15) is 4.79 Å². The molecule has 1 amide bonds. The highest BCUT2D eigenvalue weighted by atomic mass is 79.9. The summed E-state index contributed by atoms with van der Waals surface area (Å²) in [4.78, 5) is 15.8. The molecule has 0 bridgehead atoms. The largest absolute Gasteiger partial charge is 0.361 e. The van der Waals surface area contributed by atoms with Crippen LogP contribution in [0.1, 0.15) is 21.8 Å². The lowest BCUT2D eigenvalue weighted by atomic mass is 10.2. The van der Waals surface area contributed by atoms with E-state index in [4.69, 9.17) is 16.1 Å². The van der Waals surface area contributed by atoms with Crippen LogP contribution in [-0.2, 0) is 6.54 Å². The van der Waals surface area contributed by atoms with Crippen LogP contribution >= 0.6 is 27.5 Å². The number of nitrogens with zero attached hydrogens (tertiary/aromatic N) is 2. The molecule has 0 saturated carbocycles. The first-order valence-corrected chi connectivity index (χ1v) is 6.25. The highest BCUT2D eigenvalue weighted by molar-refractivity contribution is 9.10. The monoisotopic (exact) mass is 329 g/mol. The molecule has 0 saturated heterocycles. The summed E-state index contributed by atoms with van der Waals surface area (Å²) < 4.78 is 5.59. The number of amides is 1. The number of aromatic nitrogens is 2. The van der Waals surface area contributed by atoms with Crippen molar-refractivity contribution >= 4 is 33.4 Å². The standard InChI is InChI=1S/C11H9BrClN3O2/c1-6-2-8(16-18-6)5-15-11(17)9-3-7(12)4-14-10(9)13/h2-4H,5H2,1H3,(H,15,17). The third kappa shape index (κ3) is 3.08. The van der Waals surface area contributed by atoms with Crippen molar-refractivity contribution in [3.05, 3.63) is 45.0 Å². The maximum Gasteiger partial charge on any atom is 0.254 e. The number of carbonyl (C=O) groups is 1. The zero-order valence-electron chi connectivity index (χ0n) is 9.41. The summed E-state index contributed by atoms with van der Waals surface area (Å²) in [5, 5.41) is 6.62. The van der Waals surface area contributed by atoms with Gasteiger partial charge in [0.05, 0.1) is 12.1 Å². The van der Waals surface area contributed by atoms with Crippen LogP contribution in [0.3, 0.4) is 0 Å². The first-order chi connectivity index (χ1) is 8.56. The van der Waals surface area contributed by atoms with Crippen LogP contribution in [0.25, 0.3) is 0 Å². The van der Waals surface area contributed by atoms with Crippen molar-refractivity contribution in [2.45, 2.75) is 13.5 Å². The van der Waals surface area contributed by atoms with Crippen molar-refractivity contribution < 1.29 is 9.32 Å². The highest BCUT2D eigenvalue weighted by Crippen LogP contribution is 2.17. The Kier molecular flexibility index (Phi) is 3.98. The minimum absolute atomic E-state index is 0.159. The van der Waals surface area contributed by atoms with Gasteiger partial charge in [-0.2, -0.15) is 0 Å². The van der Waals surface area contributed by atoms with E-state index in [1.54, 1.807) is 19.1 Å². The van der Waals surface area contributed by atoms with Gasteiger partial charge < -0.3 is 9.84 Å². The lowest BCUT2D eigenvalue weighted by Gasteiger charge is -2.04. The Morgan fingerprint density at radius 2 is 2.33 bits per heavy atom. The fourth-order valence-electron chi connectivity index (χ4n) is 1.35. The molecule has 0 radical (unpaired) electrons. The van der Waals surface area contributed by atoms with Gasteiger partial charge in [-0.15, -0.1) is 0 Å². The molecule has 0 aliphatic heterocycles. The molecule has 0 fully saturated rings. The predicted octanol–water partition coefficient (Wildman–Crippen LogP) is 2.72. The maximum absolute atomic E-state index is 11.9. The minimum Gasteiger partial charge on any atom is -0.361 e. The van der Waals surface area contributed by atoms with Crippen molar-refractivity contribution in [2.75, 3.05) is 0 Å². The molecule has 0 aliphatic rings. The number of aryl methyl sites for hydroxylation is 1. The van der Waals surface area contributed by atoms with Crippen molar-refractivity contribution in [1.82, 2.24) is 15.5 Å². The van der Waals surface area contributed by atoms with Gasteiger partial charge in [-0.25, -0.2) is 4.98 Å². The second-order valence-corrected chi connectivity index (χ2v) is 4.88. The molecular formula is C11H9BrClN3O2. The second kappa shape index (κ2) is 5.49. The zero-order valence-corrected chi connectivity index (χ0v) is 11.7. The smallest absolute Gasteiger partial charge is 0.254 e. The fraction of sp³-hybridized carbons (Fsp3) is 0.182. The summed E-state index contributed by atoms with van der Waals surface area (Å²) in [5.74, 6) is 0.385. The molecule has 2 aromatic rings. The van der Waals surface area contributed by atoms with E-state index in [1.807, 2.05) is 0 Å². The number of pyridine rings is 1. The fourth-order valence-corrected chi connectivity index (χ4v) is 1.87. The maximum atomic E-state index is 11.9. The average Bonchev–Trinajstić information content (AvgIpc) is 2.75. The van der Waals surface area contributed by atoms with Gasteiger partial charge in [-0.05, 0) is 28.9 Å². The Hall–Kier alpha value is -1.40. The molecule has 18 heavy (non-hydrogen) atoms. The van der Waals surface area contributed by atoms with Crippen LogP contribution in [0.4, 0.5) is 0 Å². The molecular weight excluding hydrogens is 321 g/mol. The Morgan fingerprint density at radius 3 is 3.00 bits per heavy atom. The van der Waals surface area contributed by atoms with Gasteiger partial charge >= 0.3 is 0 Å². The van der Waals surface area contributed by atoms with Gasteiger partial charge in [0.15, 0.2) is 0 Å². The quantitative estimate of drug-likeness (QED) is 0.879. The predicted molar refractivity (Wildman–Crippen MR) is 69.4 cm³/mol. The average molecular weight is 331 g/mol. The van der Waals surface area contributed by atoms with Crippen LogP contribution in [0, 0.1) is 6.92 Å². The van der Waals surface area contributed by atoms with Crippen LogP contribution < -0.4 is 5.32 Å². The third-order valence-corrected chi connectivity index (χ3v) is 2.89. The molecule has 0 aliphatic carbocycles. The lowest BCUT2D eigenvalue weighted by Crippen LogP contribution is -2.23. The second-order valence-electron chi connectivity index (χ2n) is 3.60. The molecule has 0 spiro atoms. The first-order valence-electron chi connectivity index (χ1n) is 5.07. The van der Waals surface area contributed by atoms with E-state index >= 15 is 0 Å². The van der Waals surface area contributed by atoms with E-state index in [-0.39, 0.29) is 17.6 Å². The molecule has 2 heterocycles. The van der Waals surface area contributed by atoms with Gasteiger partial charge in [0, 0.05) is 16.7 Å². The van der Waals surface area contributed by atoms with Crippen LogP contribution in [0.2, 0.25) is 5.15 Å². The summed E-state index contributed by atoms with van der Waals surface area (Å²) >= 11 is 9.09.